The van der Waals surface area contributed by atoms with Gasteiger partial charge in [0.15, 0.2) is 4.77 Å². The second kappa shape index (κ2) is 8.73. The van der Waals surface area contributed by atoms with Gasteiger partial charge in [-0.05, 0) is 55.2 Å². The number of hydrogen-bond donors (Lipinski definition) is 3. The minimum Gasteiger partial charge on any atom is -0.494 e. The highest BCUT2D eigenvalue weighted by Gasteiger charge is 2.15. The molecule has 0 saturated carbocycles. The minimum absolute atomic E-state index is 0.0342. The Morgan fingerprint density at radius 1 is 1.19 bits per heavy atom. The van der Waals surface area contributed by atoms with Gasteiger partial charge in [0.05, 0.1) is 11.7 Å². The number of rotatable bonds is 6. The molecule has 0 aliphatic carbocycles. The molecule has 0 bridgehead atoms. The number of H-pyrrole nitrogens is 2. The highest BCUT2D eigenvalue weighted by molar-refractivity contribution is 7.71. The van der Waals surface area contributed by atoms with Crippen LogP contribution in [-0.4, -0.2) is 31.9 Å². The maximum Gasteiger partial charge on any atom is 0.264 e. The van der Waals surface area contributed by atoms with Crippen LogP contribution in [0, 0.1) is 11.7 Å². The molecule has 2 heterocycles. The number of nitrogens with one attached hydrogen (secondary N) is 2. The third-order valence-corrected chi connectivity index (χ3v) is 5.78. The Labute approximate surface area is 184 Å². The van der Waals surface area contributed by atoms with Crippen LogP contribution in [0.1, 0.15) is 30.0 Å². The summed E-state index contributed by atoms with van der Waals surface area (Å²) >= 11 is 5.31. The fraction of sp³-hybridized carbons (Fsp3) is 0.208. The number of aromatic hydroxyl groups is 1. The molecule has 4 aromatic rings. The molecule has 1 unspecified atom stereocenters. The van der Waals surface area contributed by atoms with Crippen molar-refractivity contribution in [1.82, 2.24) is 14.5 Å². The summed E-state index contributed by atoms with van der Waals surface area (Å²) in [7, 11) is 0. The maximum absolute atomic E-state index is 12.5. The van der Waals surface area contributed by atoms with Gasteiger partial charge in [-0.3, -0.25) is 19.3 Å². The molecule has 6 nitrogen and oxygen atoms in total. The van der Waals surface area contributed by atoms with Gasteiger partial charge in [0.25, 0.3) is 5.56 Å². The van der Waals surface area contributed by atoms with E-state index in [1.807, 2.05) is 55.6 Å². The van der Waals surface area contributed by atoms with Crippen molar-refractivity contribution in [3.63, 3.8) is 0 Å². The zero-order valence-electron chi connectivity index (χ0n) is 17.4. The van der Waals surface area contributed by atoms with E-state index < -0.39 is 5.56 Å². The largest absolute Gasteiger partial charge is 0.494 e. The number of aryl methyl sites for hydroxylation is 1. The molecular formula is C24H24N4O2S. The number of aromatic nitrogens is 3. The first-order chi connectivity index (χ1) is 15.0. The lowest BCUT2D eigenvalue weighted by molar-refractivity contribution is 0.432. The van der Waals surface area contributed by atoms with Crippen molar-refractivity contribution in [2.24, 2.45) is 4.99 Å². The highest BCUT2D eigenvalue weighted by Crippen LogP contribution is 2.23. The SMILES string of the molecule is CCC(Cc1c[nH]c2ccccc12)N=Cc1c(O)n(-c2ccccc2C)c(=S)[nH]c1=O. The number of nitrogens with zero attached hydrogens (tertiary/aromatic N) is 2. The van der Waals surface area contributed by atoms with Gasteiger partial charge in [0.2, 0.25) is 5.88 Å². The number of benzene rings is 2. The van der Waals surface area contributed by atoms with Gasteiger partial charge in [-0.25, -0.2) is 0 Å². The fourth-order valence-electron chi connectivity index (χ4n) is 3.73. The number of fused-ring (bicyclic) bond motifs is 1. The molecule has 158 valence electrons. The molecule has 2 aromatic heterocycles. The van der Waals surface area contributed by atoms with E-state index in [0.29, 0.717) is 5.69 Å². The first-order valence-corrected chi connectivity index (χ1v) is 10.6. The van der Waals surface area contributed by atoms with E-state index in [-0.39, 0.29) is 22.3 Å². The smallest absolute Gasteiger partial charge is 0.264 e. The van der Waals surface area contributed by atoms with E-state index in [1.54, 1.807) is 0 Å². The summed E-state index contributed by atoms with van der Waals surface area (Å²) in [5.41, 5.74) is 3.53. The standard InChI is InChI=1S/C24H24N4O2S/c1-3-17(12-16-13-26-20-10-6-5-9-18(16)20)25-14-19-22(29)27-24(31)28(23(19)30)21-11-7-4-8-15(21)2/h4-11,13-14,17,26,30H,3,12H2,1-2H3,(H,27,29,31). The van der Waals surface area contributed by atoms with Crippen LogP contribution >= 0.6 is 12.2 Å². The summed E-state index contributed by atoms with van der Waals surface area (Å²) in [6.45, 7) is 3.98. The van der Waals surface area contributed by atoms with Crippen molar-refractivity contribution in [2.45, 2.75) is 32.7 Å². The van der Waals surface area contributed by atoms with Crippen LogP contribution in [0.15, 0.2) is 64.5 Å². The Hall–Kier alpha value is -3.45. The molecular weight excluding hydrogens is 408 g/mol. The van der Waals surface area contributed by atoms with E-state index in [4.69, 9.17) is 12.2 Å². The van der Waals surface area contributed by atoms with Crippen molar-refractivity contribution >= 4 is 29.3 Å². The molecule has 2 aromatic carbocycles. The van der Waals surface area contributed by atoms with Crippen molar-refractivity contribution in [3.8, 4) is 11.6 Å². The molecule has 3 N–H and O–H groups in total. The first kappa shape index (κ1) is 20.8. The van der Waals surface area contributed by atoms with Gasteiger partial charge in [-0.15, -0.1) is 0 Å². The predicted molar refractivity (Wildman–Crippen MR) is 127 cm³/mol. The summed E-state index contributed by atoms with van der Waals surface area (Å²) in [5, 5.41) is 12.1. The van der Waals surface area contributed by atoms with Crippen LogP contribution in [0.2, 0.25) is 0 Å². The van der Waals surface area contributed by atoms with Crippen molar-refractivity contribution in [1.29, 1.82) is 0 Å². The second-order valence-electron chi connectivity index (χ2n) is 7.52. The van der Waals surface area contributed by atoms with E-state index in [9.17, 15) is 9.90 Å². The predicted octanol–water partition coefficient (Wildman–Crippen LogP) is 4.83. The van der Waals surface area contributed by atoms with Crippen LogP contribution in [0.4, 0.5) is 0 Å². The summed E-state index contributed by atoms with van der Waals surface area (Å²) < 4.78 is 1.60. The number of hydrogen-bond acceptors (Lipinski definition) is 4. The molecule has 0 amide bonds. The lowest BCUT2D eigenvalue weighted by Gasteiger charge is -2.14. The number of aliphatic imine (C=N–C) groups is 1. The van der Waals surface area contributed by atoms with Crippen LogP contribution in [0.5, 0.6) is 5.88 Å². The molecule has 0 saturated heterocycles. The summed E-state index contributed by atoms with van der Waals surface area (Å²) in [6, 6.07) is 15.6. The quantitative estimate of drug-likeness (QED) is 0.301. The summed E-state index contributed by atoms with van der Waals surface area (Å²) in [6.07, 6.45) is 4.99. The molecule has 4 rings (SSSR count). The average Bonchev–Trinajstić information content (AvgIpc) is 3.16. The lowest BCUT2D eigenvalue weighted by atomic mass is 10.0. The second-order valence-corrected chi connectivity index (χ2v) is 7.91. The molecule has 1 atom stereocenters. The van der Waals surface area contributed by atoms with Gasteiger partial charge in [-0.2, -0.15) is 0 Å². The monoisotopic (exact) mass is 432 g/mol. The Balaban J connectivity index is 1.69. The topological polar surface area (TPSA) is 86.2 Å². The van der Waals surface area contributed by atoms with Crippen molar-refractivity contribution in [3.05, 3.63) is 86.5 Å². The third-order valence-electron chi connectivity index (χ3n) is 5.49. The molecule has 31 heavy (non-hydrogen) atoms. The van der Waals surface area contributed by atoms with Crippen molar-refractivity contribution in [2.75, 3.05) is 0 Å². The van der Waals surface area contributed by atoms with Gasteiger partial charge in [0.1, 0.15) is 5.56 Å². The average molecular weight is 433 g/mol. The third kappa shape index (κ3) is 4.09. The summed E-state index contributed by atoms with van der Waals surface area (Å²) in [5.74, 6) is -0.214. The molecule has 0 spiro atoms. The summed E-state index contributed by atoms with van der Waals surface area (Å²) in [4.78, 5) is 23.1. The molecule has 0 radical (unpaired) electrons. The molecule has 0 fully saturated rings. The Bertz CT molecular complexity index is 1380. The molecule has 7 heteroatoms. The fourth-order valence-corrected chi connectivity index (χ4v) is 4.01. The van der Waals surface area contributed by atoms with Crippen LogP contribution in [-0.2, 0) is 6.42 Å². The van der Waals surface area contributed by atoms with E-state index in [1.165, 1.54) is 21.7 Å². The van der Waals surface area contributed by atoms with E-state index in [2.05, 4.69) is 28.0 Å². The normalized spacial score (nSPS) is 12.6. The maximum atomic E-state index is 12.5. The van der Waals surface area contributed by atoms with Crippen LogP contribution in [0.3, 0.4) is 0 Å². The van der Waals surface area contributed by atoms with E-state index >= 15 is 0 Å². The molecule has 0 aliphatic rings. The minimum atomic E-state index is -0.460. The van der Waals surface area contributed by atoms with Gasteiger partial charge in [0, 0.05) is 23.3 Å². The lowest BCUT2D eigenvalue weighted by Crippen LogP contribution is -2.19. The van der Waals surface area contributed by atoms with Gasteiger partial charge in [-0.1, -0.05) is 43.3 Å². The highest BCUT2D eigenvalue weighted by atomic mass is 32.1. The zero-order valence-corrected chi connectivity index (χ0v) is 18.2. The van der Waals surface area contributed by atoms with Gasteiger partial charge >= 0.3 is 0 Å². The molecule has 0 aliphatic heterocycles. The first-order valence-electron chi connectivity index (χ1n) is 10.2. The number of aromatic amines is 2. The number of para-hydroxylation sites is 2. The van der Waals surface area contributed by atoms with Crippen LogP contribution in [0.25, 0.3) is 16.6 Å². The Kier molecular flexibility index (Phi) is 5.86. The van der Waals surface area contributed by atoms with Crippen LogP contribution < -0.4 is 5.56 Å². The zero-order chi connectivity index (χ0) is 22.0. The van der Waals surface area contributed by atoms with Gasteiger partial charge < -0.3 is 10.1 Å². The van der Waals surface area contributed by atoms with Crippen molar-refractivity contribution < 1.29 is 5.11 Å². The Morgan fingerprint density at radius 2 is 1.94 bits per heavy atom. The Morgan fingerprint density at radius 3 is 2.71 bits per heavy atom. The van der Waals surface area contributed by atoms with E-state index in [0.717, 1.165) is 23.9 Å².